The van der Waals surface area contributed by atoms with Gasteiger partial charge in [-0.05, 0) is 76.8 Å². The number of sulfonamides is 1. The van der Waals surface area contributed by atoms with Crippen LogP contribution in [-0.2, 0) is 21.2 Å². The molecule has 2 N–H and O–H groups in total. The molecular weight excluding hydrogens is 612 g/mol. The molecular formula is C22H19Br3N2O3S. The molecule has 0 radical (unpaired) electrons. The molecule has 9 heteroatoms. The zero-order chi connectivity index (χ0) is 22.6. The zero-order valence-electron chi connectivity index (χ0n) is 16.4. The van der Waals surface area contributed by atoms with Crippen molar-refractivity contribution < 1.29 is 13.2 Å². The Bertz CT molecular complexity index is 1160. The van der Waals surface area contributed by atoms with Crippen LogP contribution in [0.4, 0.5) is 5.69 Å². The molecule has 0 aliphatic rings. The number of hydrogen-bond donors (Lipinski definition) is 2. The van der Waals surface area contributed by atoms with Crippen LogP contribution in [0.25, 0.3) is 0 Å². The largest absolute Gasteiger partial charge is 0.323 e. The molecule has 0 spiro atoms. The number of rotatable bonds is 7. The fourth-order valence-corrected chi connectivity index (χ4v) is 5.98. The summed E-state index contributed by atoms with van der Waals surface area (Å²) >= 11 is 10.2. The van der Waals surface area contributed by atoms with Crippen molar-refractivity contribution in [2.24, 2.45) is 0 Å². The predicted octanol–water partition coefficient (Wildman–Crippen LogP) is 5.81. The molecule has 5 nitrogen and oxygen atoms in total. The fourth-order valence-electron chi connectivity index (χ4n) is 2.98. The maximum absolute atomic E-state index is 13.2. The van der Waals surface area contributed by atoms with Gasteiger partial charge in [-0.2, -0.15) is 4.72 Å². The van der Waals surface area contributed by atoms with Crippen LogP contribution in [0.5, 0.6) is 0 Å². The SMILES string of the molecule is Cc1cc(Br)cc(Br)c1NC(=O)C(Cc1ccccc1)NS(=O)(=O)c1ccc(Br)cc1. The van der Waals surface area contributed by atoms with E-state index in [-0.39, 0.29) is 11.3 Å². The standard InChI is InChI=1S/C22H19Br3N2O3S/c1-14-11-17(24)13-19(25)21(14)26-22(28)20(12-15-5-3-2-4-6-15)27-31(29,30)18-9-7-16(23)8-10-18/h2-11,13,20,27H,12H2,1H3,(H,26,28). The highest BCUT2D eigenvalue weighted by molar-refractivity contribution is 9.11. The van der Waals surface area contributed by atoms with Crippen molar-refractivity contribution >= 4 is 69.4 Å². The van der Waals surface area contributed by atoms with Gasteiger partial charge in [0.2, 0.25) is 15.9 Å². The minimum absolute atomic E-state index is 0.0857. The van der Waals surface area contributed by atoms with E-state index in [2.05, 4.69) is 57.8 Å². The molecule has 0 bridgehead atoms. The lowest BCUT2D eigenvalue weighted by molar-refractivity contribution is -0.117. The van der Waals surface area contributed by atoms with Gasteiger partial charge in [-0.3, -0.25) is 4.79 Å². The third kappa shape index (κ3) is 6.49. The third-order valence-electron chi connectivity index (χ3n) is 4.52. The zero-order valence-corrected chi connectivity index (χ0v) is 22.0. The van der Waals surface area contributed by atoms with Gasteiger partial charge in [0.1, 0.15) is 6.04 Å². The summed E-state index contributed by atoms with van der Waals surface area (Å²) in [7, 11) is -3.91. The van der Waals surface area contributed by atoms with E-state index in [0.717, 1.165) is 20.1 Å². The van der Waals surface area contributed by atoms with E-state index in [9.17, 15) is 13.2 Å². The van der Waals surface area contributed by atoms with Gasteiger partial charge in [0.25, 0.3) is 0 Å². The highest BCUT2D eigenvalue weighted by atomic mass is 79.9. The summed E-state index contributed by atoms with van der Waals surface area (Å²) in [5.41, 5.74) is 2.27. The van der Waals surface area contributed by atoms with E-state index in [1.165, 1.54) is 12.1 Å². The Morgan fingerprint density at radius 3 is 2.19 bits per heavy atom. The summed E-state index contributed by atoms with van der Waals surface area (Å²) in [5.74, 6) is -0.448. The summed E-state index contributed by atoms with van der Waals surface area (Å²) in [6.07, 6.45) is 0.204. The molecule has 0 aliphatic heterocycles. The molecule has 0 heterocycles. The van der Waals surface area contributed by atoms with E-state index in [1.54, 1.807) is 12.1 Å². The van der Waals surface area contributed by atoms with Crippen molar-refractivity contribution in [3.63, 3.8) is 0 Å². The molecule has 1 atom stereocenters. The molecule has 0 aromatic heterocycles. The minimum atomic E-state index is -3.91. The van der Waals surface area contributed by atoms with Gasteiger partial charge in [0.05, 0.1) is 10.6 Å². The molecule has 0 saturated carbocycles. The predicted molar refractivity (Wildman–Crippen MR) is 134 cm³/mol. The normalized spacial score (nSPS) is 12.4. The first-order valence-corrected chi connectivity index (χ1v) is 13.1. The van der Waals surface area contributed by atoms with Gasteiger partial charge in [-0.1, -0.05) is 62.2 Å². The van der Waals surface area contributed by atoms with E-state index in [1.807, 2.05) is 49.4 Å². The average Bonchev–Trinajstić information content (AvgIpc) is 2.71. The van der Waals surface area contributed by atoms with Gasteiger partial charge >= 0.3 is 0 Å². The Labute approximate surface area is 207 Å². The molecule has 1 amide bonds. The second-order valence-corrected chi connectivity index (χ2v) is 11.3. The minimum Gasteiger partial charge on any atom is -0.323 e. The molecule has 162 valence electrons. The van der Waals surface area contributed by atoms with E-state index < -0.39 is 22.0 Å². The number of nitrogens with one attached hydrogen (secondary N) is 2. The second-order valence-electron chi connectivity index (χ2n) is 6.89. The highest BCUT2D eigenvalue weighted by Crippen LogP contribution is 2.30. The summed E-state index contributed by atoms with van der Waals surface area (Å²) in [6.45, 7) is 1.86. The summed E-state index contributed by atoms with van der Waals surface area (Å²) in [6, 6.07) is 18.2. The number of anilines is 1. The molecule has 3 aromatic carbocycles. The van der Waals surface area contributed by atoms with Crippen molar-refractivity contribution in [3.8, 4) is 0 Å². The van der Waals surface area contributed by atoms with Crippen LogP contribution in [0.15, 0.2) is 85.0 Å². The van der Waals surface area contributed by atoms with E-state index >= 15 is 0 Å². The van der Waals surface area contributed by atoms with Gasteiger partial charge < -0.3 is 5.32 Å². The molecule has 3 rings (SSSR count). The molecule has 1 unspecified atom stereocenters. The molecule has 3 aromatic rings. The Hall–Kier alpha value is -1.52. The lowest BCUT2D eigenvalue weighted by Crippen LogP contribution is -2.45. The second kappa shape index (κ2) is 10.4. The topological polar surface area (TPSA) is 75.3 Å². The van der Waals surface area contributed by atoms with Gasteiger partial charge in [-0.15, -0.1) is 0 Å². The first kappa shape index (κ1) is 24.1. The van der Waals surface area contributed by atoms with Crippen molar-refractivity contribution in [2.75, 3.05) is 5.32 Å². The number of aryl methyl sites for hydroxylation is 1. The van der Waals surface area contributed by atoms with Crippen LogP contribution in [0.2, 0.25) is 0 Å². The van der Waals surface area contributed by atoms with Crippen LogP contribution < -0.4 is 10.0 Å². The van der Waals surface area contributed by atoms with Crippen molar-refractivity contribution in [2.45, 2.75) is 24.3 Å². The van der Waals surface area contributed by atoms with E-state index in [0.29, 0.717) is 10.2 Å². The van der Waals surface area contributed by atoms with Crippen molar-refractivity contribution in [1.29, 1.82) is 0 Å². The number of halogens is 3. The monoisotopic (exact) mass is 628 g/mol. The highest BCUT2D eigenvalue weighted by Gasteiger charge is 2.27. The average molecular weight is 631 g/mol. The maximum Gasteiger partial charge on any atom is 0.242 e. The molecule has 31 heavy (non-hydrogen) atoms. The number of benzene rings is 3. The fraction of sp³-hybridized carbons (Fsp3) is 0.136. The number of carbonyl (C=O) groups excluding carboxylic acids is 1. The first-order valence-electron chi connectivity index (χ1n) is 9.24. The van der Waals surface area contributed by atoms with Gasteiger partial charge in [0.15, 0.2) is 0 Å². The van der Waals surface area contributed by atoms with E-state index in [4.69, 9.17) is 0 Å². The Morgan fingerprint density at radius 2 is 1.58 bits per heavy atom. The number of amides is 1. The first-order chi connectivity index (χ1) is 14.7. The van der Waals surface area contributed by atoms with Gasteiger partial charge in [-0.25, -0.2) is 8.42 Å². The number of carbonyl (C=O) groups is 1. The lowest BCUT2D eigenvalue weighted by atomic mass is 10.1. The van der Waals surface area contributed by atoms with Crippen molar-refractivity contribution in [1.82, 2.24) is 4.72 Å². The Balaban J connectivity index is 1.91. The van der Waals surface area contributed by atoms with Crippen LogP contribution in [-0.4, -0.2) is 20.4 Å². The summed E-state index contributed by atoms with van der Waals surface area (Å²) in [4.78, 5) is 13.3. The van der Waals surface area contributed by atoms with Crippen molar-refractivity contribution in [3.05, 3.63) is 91.3 Å². The lowest BCUT2D eigenvalue weighted by Gasteiger charge is -2.20. The number of hydrogen-bond acceptors (Lipinski definition) is 3. The van der Waals surface area contributed by atoms with Crippen LogP contribution >= 0.6 is 47.8 Å². The Kier molecular flexibility index (Phi) is 8.09. The van der Waals surface area contributed by atoms with Crippen LogP contribution in [0.1, 0.15) is 11.1 Å². The summed E-state index contributed by atoms with van der Waals surface area (Å²) in [5, 5.41) is 2.87. The molecule has 0 saturated heterocycles. The third-order valence-corrected chi connectivity index (χ3v) is 7.62. The van der Waals surface area contributed by atoms with Crippen LogP contribution in [0, 0.1) is 6.92 Å². The molecule has 0 aliphatic carbocycles. The van der Waals surface area contributed by atoms with Gasteiger partial charge in [0, 0.05) is 13.4 Å². The van der Waals surface area contributed by atoms with Crippen LogP contribution in [0.3, 0.4) is 0 Å². The Morgan fingerprint density at radius 1 is 0.935 bits per heavy atom. The quantitative estimate of drug-likeness (QED) is 0.346. The smallest absolute Gasteiger partial charge is 0.242 e. The maximum atomic E-state index is 13.2. The molecule has 0 fully saturated rings. The summed E-state index contributed by atoms with van der Waals surface area (Å²) < 4.78 is 30.8.